The van der Waals surface area contributed by atoms with Gasteiger partial charge in [-0.3, -0.25) is 0 Å². The van der Waals surface area contributed by atoms with Crippen molar-refractivity contribution in [1.29, 1.82) is 0 Å². The van der Waals surface area contributed by atoms with Crippen LogP contribution in [0.25, 0.3) is 0 Å². The van der Waals surface area contributed by atoms with Gasteiger partial charge in [0.05, 0.1) is 12.1 Å². The van der Waals surface area contributed by atoms with Crippen LogP contribution >= 0.6 is 23.2 Å². The molecule has 2 nitrogen and oxygen atoms in total. The summed E-state index contributed by atoms with van der Waals surface area (Å²) < 4.78 is 5.03. The highest BCUT2D eigenvalue weighted by Crippen LogP contribution is 2.35. The van der Waals surface area contributed by atoms with Gasteiger partial charge in [-0.05, 0) is 17.5 Å². The number of ether oxygens (including phenoxy) is 1. The Hall–Kier alpha value is -0.730. The minimum absolute atomic E-state index is 0.0680. The molecule has 0 aliphatic carbocycles. The van der Waals surface area contributed by atoms with Crippen LogP contribution in [0.15, 0.2) is 12.1 Å². The molecule has 0 heterocycles. The summed E-state index contributed by atoms with van der Waals surface area (Å²) in [7, 11) is 1.53. The molecule has 1 aromatic carbocycles. The van der Waals surface area contributed by atoms with E-state index >= 15 is 0 Å². The summed E-state index contributed by atoms with van der Waals surface area (Å²) in [4.78, 5) is 10.4. The SMILES string of the molecule is COc1cc(Cl)c(C(C)CC=O)cc1Cl. The molecule has 0 fully saturated rings. The number of halogens is 2. The summed E-state index contributed by atoms with van der Waals surface area (Å²) in [5.41, 5.74) is 0.870. The van der Waals surface area contributed by atoms with Crippen molar-refractivity contribution in [3.63, 3.8) is 0 Å². The third-order valence-corrected chi connectivity index (χ3v) is 2.87. The third kappa shape index (κ3) is 2.86. The molecule has 1 atom stereocenters. The average Bonchev–Trinajstić information content (AvgIpc) is 2.21. The maximum atomic E-state index is 10.4. The molecule has 0 N–H and O–H groups in total. The predicted octanol–water partition coefficient (Wildman–Crippen LogP) is 3.69. The van der Waals surface area contributed by atoms with Crippen molar-refractivity contribution in [2.45, 2.75) is 19.3 Å². The van der Waals surface area contributed by atoms with E-state index in [4.69, 9.17) is 27.9 Å². The minimum Gasteiger partial charge on any atom is -0.495 e. The first-order valence-corrected chi connectivity index (χ1v) is 5.32. The van der Waals surface area contributed by atoms with Gasteiger partial charge in [-0.25, -0.2) is 0 Å². The molecule has 0 saturated carbocycles. The second kappa shape index (κ2) is 5.38. The van der Waals surface area contributed by atoms with E-state index in [1.54, 1.807) is 12.1 Å². The van der Waals surface area contributed by atoms with Crippen molar-refractivity contribution in [1.82, 2.24) is 0 Å². The molecule has 1 rings (SSSR count). The van der Waals surface area contributed by atoms with Gasteiger partial charge in [0.2, 0.25) is 0 Å². The lowest BCUT2D eigenvalue weighted by molar-refractivity contribution is -0.108. The van der Waals surface area contributed by atoms with E-state index in [0.717, 1.165) is 11.8 Å². The maximum absolute atomic E-state index is 10.4. The number of hydrogen-bond donors (Lipinski definition) is 0. The first kappa shape index (κ1) is 12.3. The third-order valence-electron chi connectivity index (χ3n) is 2.25. The largest absolute Gasteiger partial charge is 0.495 e. The number of rotatable bonds is 4. The molecule has 0 amide bonds. The van der Waals surface area contributed by atoms with Gasteiger partial charge in [-0.2, -0.15) is 0 Å². The van der Waals surface area contributed by atoms with Crippen LogP contribution in [0.3, 0.4) is 0 Å². The molecule has 82 valence electrons. The molecule has 4 heteroatoms. The van der Waals surface area contributed by atoms with Crippen LogP contribution in [-0.4, -0.2) is 13.4 Å². The Bertz CT molecular complexity index is 364. The maximum Gasteiger partial charge on any atom is 0.138 e. The summed E-state index contributed by atoms with van der Waals surface area (Å²) in [6.07, 6.45) is 1.31. The van der Waals surface area contributed by atoms with Crippen LogP contribution in [-0.2, 0) is 4.79 Å². The lowest BCUT2D eigenvalue weighted by Gasteiger charge is -2.13. The second-order valence-electron chi connectivity index (χ2n) is 3.31. The van der Waals surface area contributed by atoms with E-state index < -0.39 is 0 Å². The monoisotopic (exact) mass is 246 g/mol. The van der Waals surface area contributed by atoms with Gasteiger partial charge in [0.15, 0.2) is 0 Å². The van der Waals surface area contributed by atoms with E-state index in [-0.39, 0.29) is 5.92 Å². The molecule has 0 aliphatic heterocycles. The van der Waals surface area contributed by atoms with Gasteiger partial charge >= 0.3 is 0 Å². The average molecular weight is 247 g/mol. The highest BCUT2D eigenvalue weighted by atomic mass is 35.5. The Morgan fingerprint density at radius 1 is 1.40 bits per heavy atom. The summed E-state index contributed by atoms with van der Waals surface area (Å²) in [6, 6.07) is 3.41. The van der Waals surface area contributed by atoms with E-state index in [1.165, 1.54) is 7.11 Å². The summed E-state index contributed by atoms with van der Waals surface area (Å²) >= 11 is 12.0. The van der Waals surface area contributed by atoms with E-state index in [0.29, 0.717) is 22.2 Å². The predicted molar refractivity (Wildman–Crippen MR) is 62.1 cm³/mol. The van der Waals surface area contributed by atoms with Gasteiger partial charge in [-0.15, -0.1) is 0 Å². The van der Waals surface area contributed by atoms with Crippen LogP contribution in [0.1, 0.15) is 24.8 Å². The molecule has 0 bridgehead atoms. The molecule has 15 heavy (non-hydrogen) atoms. The van der Waals surface area contributed by atoms with Gasteiger partial charge in [0, 0.05) is 17.5 Å². The minimum atomic E-state index is 0.0680. The Labute approximate surface area is 99.1 Å². The molecular weight excluding hydrogens is 235 g/mol. The van der Waals surface area contributed by atoms with Crippen LogP contribution in [0.5, 0.6) is 5.75 Å². The number of aldehydes is 1. The van der Waals surface area contributed by atoms with E-state index in [2.05, 4.69) is 0 Å². The molecule has 0 radical (unpaired) electrons. The van der Waals surface area contributed by atoms with Crippen molar-refractivity contribution in [3.05, 3.63) is 27.7 Å². The summed E-state index contributed by atoms with van der Waals surface area (Å²) in [6.45, 7) is 1.93. The van der Waals surface area contributed by atoms with Crippen molar-refractivity contribution >= 4 is 29.5 Å². The van der Waals surface area contributed by atoms with Crippen molar-refractivity contribution in [2.24, 2.45) is 0 Å². The molecule has 1 unspecified atom stereocenters. The number of benzene rings is 1. The molecule has 0 aromatic heterocycles. The van der Waals surface area contributed by atoms with Crippen LogP contribution in [0.2, 0.25) is 10.0 Å². The zero-order valence-electron chi connectivity index (χ0n) is 8.59. The van der Waals surface area contributed by atoms with Crippen LogP contribution in [0, 0.1) is 0 Å². The first-order chi connectivity index (χ1) is 7.10. The normalized spacial score (nSPS) is 12.3. The van der Waals surface area contributed by atoms with E-state index in [1.807, 2.05) is 6.92 Å². The molecule has 0 saturated heterocycles. The molecule has 0 spiro atoms. The number of hydrogen-bond acceptors (Lipinski definition) is 2. The number of carbonyl (C=O) groups excluding carboxylic acids is 1. The highest BCUT2D eigenvalue weighted by Gasteiger charge is 2.13. The lowest BCUT2D eigenvalue weighted by Crippen LogP contribution is -1.96. The van der Waals surface area contributed by atoms with Crippen LogP contribution < -0.4 is 4.74 Å². The van der Waals surface area contributed by atoms with E-state index in [9.17, 15) is 4.79 Å². The van der Waals surface area contributed by atoms with Crippen molar-refractivity contribution in [3.8, 4) is 5.75 Å². The highest BCUT2D eigenvalue weighted by molar-refractivity contribution is 6.34. The second-order valence-corrected chi connectivity index (χ2v) is 4.13. The topological polar surface area (TPSA) is 26.3 Å². The molecule has 0 aliphatic rings. The Morgan fingerprint density at radius 2 is 2.07 bits per heavy atom. The molecule has 1 aromatic rings. The zero-order chi connectivity index (χ0) is 11.4. The van der Waals surface area contributed by atoms with Crippen LogP contribution in [0.4, 0.5) is 0 Å². The smallest absolute Gasteiger partial charge is 0.138 e. The standard InChI is InChI=1S/C11H12Cl2O2/c1-7(3-4-14)8-5-10(13)11(15-2)6-9(8)12/h4-7H,3H2,1-2H3. The molecular formula is C11H12Cl2O2. The fraction of sp³-hybridized carbons (Fsp3) is 0.364. The van der Waals surface area contributed by atoms with Gasteiger partial charge in [0.25, 0.3) is 0 Å². The van der Waals surface area contributed by atoms with Crippen molar-refractivity contribution < 1.29 is 9.53 Å². The zero-order valence-corrected chi connectivity index (χ0v) is 10.1. The quantitative estimate of drug-likeness (QED) is 0.758. The first-order valence-electron chi connectivity index (χ1n) is 4.56. The Balaban J connectivity index is 3.09. The fourth-order valence-corrected chi connectivity index (χ4v) is 1.94. The Morgan fingerprint density at radius 3 is 2.60 bits per heavy atom. The van der Waals surface area contributed by atoms with Gasteiger partial charge in [0.1, 0.15) is 12.0 Å². The summed E-state index contributed by atoms with van der Waals surface area (Å²) in [5.74, 6) is 0.613. The van der Waals surface area contributed by atoms with Gasteiger partial charge < -0.3 is 9.53 Å². The number of methoxy groups -OCH3 is 1. The van der Waals surface area contributed by atoms with Crippen molar-refractivity contribution in [2.75, 3.05) is 7.11 Å². The summed E-state index contributed by atoms with van der Waals surface area (Å²) in [5, 5.41) is 1.08. The fourth-order valence-electron chi connectivity index (χ4n) is 1.35. The number of carbonyl (C=O) groups is 1. The van der Waals surface area contributed by atoms with Gasteiger partial charge in [-0.1, -0.05) is 30.1 Å². The Kier molecular flexibility index (Phi) is 4.43. The lowest BCUT2D eigenvalue weighted by atomic mass is 9.98.